The van der Waals surface area contributed by atoms with Gasteiger partial charge in [0.15, 0.2) is 11.6 Å². The minimum Gasteiger partial charge on any atom is -0.373 e. The topological polar surface area (TPSA) is 52.7 Å². The Bertz CT molecular complexity index is 891. The van der Waals surface area contributed by atoms with Crippen LogP contribution in [0.3, 0.4) is 0 Å². The maximum atomic E-state index is 14.1. The first-order valence-corrected chi connectivity index (χ1v) is 9.09. The van der Waals surface area contributed by atoms with Crippen molar-refractivity contribution in [2.24, 2.45) is 0 Å². The van der Waals surface area contributed by atoms with Gasteiger partial charge in [-0.05, 0) is 29.7 Å². The van der Waals surface area contributed by atoms with Crippen LogP contribution in [0, 0.1) is 11.6 Å². The van der Waals surface area contributed by atoms with Crippen molar-refractivity contribution in [3.8, 4) is 0 Å². The molecule has 0 aliphatic carbocycles. The van der Waals surface area contributed by atoms with Crippen LogP contribution in [0.15, 0.2) is 36.4 Å². The zero-order valence-electron chi connectivity index (χ0n) is 16.1. The number of hydrogen-bond acceptors (Lipinski definition) is 3. The van der Waals surface area contributed by atoms with Gasteiger partial charge in [-0.25, -0.2) is 8.78 Å². The molecule has 28 heavy (non-hydrogen) atoms. The standard InChI is InChI=1S/C21H23F2N3O2/c1-13(27)26-9-8-14-6-4-5-7-16(14)19(26)12-20(28)24-15-10-17(22)21(25(2)3)18(23)11-15/h4-7,10-11,19H,8-9,12H2,1-3H3,(H,24,28). The molecule has 1 N–H and O–H groups in total. The van der Waals surface area contributed by atoms with Crippen molar-refractivity contribution in [2.45, 2.75) is 25.8 Å². The lowest BCUT2D eigenvalue weighted by Gasteiger charge is -2.36. The van der Waals surface area contributed by atoms with Crippen molar-refractivity contribution in [2.75, 3.05) is 30.9 Å². The molecule has 0 fully saturated rings. The van der Waals surface area contributed by atoms with Gasteiger partial charge in [-0.1, -0.05) is 24.3 Å². The predicted molar refractivity (Wildman–Crippen MR) is 104 cm³/mol. The Morgan fingerprint density at radius 1 is 1.18 bits per heavy atom. The molecule has 2 amide bonds. The number of nitrogens with zero attached hydrogens (tertiary/aromatic N) is 2. The van der Waals surface area contributed by atoms with Crippen LogP contribution in [0.25, 0.3) is 0 Å². The average Bonchev–Trinajstić information content (AvgIpc) is 2.60. The van der Waals surface area contributed by atoms with Crippen LogP contribution in [0.2, 0.25) is 0 Å². The zero-order valence-corrected chi connectivity index (χ0v) is 16.1. The highest BCUT2D eigenvalue weighted by Crippen LogP contribution is 2.33. The molecule has 0 bridgehead atoms. The van der Waals surface area contributed by atoms with E-state index in [4.69, 9.17) is 0 Å². The molecule has 2 aromatic rings. The lowest BCUT2D eigenvalue weighted by Crippen LogP contribution is -2.40. The molecule has 1 aliphatic heterocycles. The number of anilines is 2. The third-order valence-electron chi connectivity index (χ3n) is 4.94. The Balaban J connectivity index is 1.81. The Labute approximate surface area is 162 Å². The fraction of sp³-hybridized carbons (Fsp3) is 0.333. The summed E-state index contributed by atoms with van der Waals surface area (Å²) in [6.45, 7) is 2.01. The first-order valence-electron chi connectivity index (χ1n) is 9.09. The van der Waals surface area contributed by atoms with E-state index in [1.165, 1.54) is 25.9 Å². The first-order chi connectivity index (χ1) is 13.3. The minimum atomic E-state index is -0.756. The number of carbonyl (C=O) groups excluding carboxylic acids is 2. The van der Waals surface area contributed by atoms with Gasteiger partial charge in [0.25, 0.3) is 0 Å². The van der Waals surface area contributed by atoms with E-state index < -0.39 is 23.6 Å². The lowest BCUT2D eigenvalue weighted by molar-refractivity contribution is -0.132. The Kier molecular flexibility index (Phi) is 5.63. The van der Waals surface area contributed by atoms with Crippen LogP contribution in [0.4, 0.5) is 20.2 Å². The third kappa shape index (κ3) is 3.98. The number of rotatable bonds is 4. The van der Waals surface area contributed by atoms with E-state index in [2.05, 4.69) is 5.32 Å². The van der Waals surface area contributed by atoms with Crippen LogP contribution in [0.1, 0.15) is 30.5 Å². The quantitative estimate of drug-likeness (QED) is 0.874. The van der Waals surface area contributed by atoms with Crippen LogP contribution >= 0.6 is 0 Å². The van der Waals surface area contributed by atoms with E-state index in [1.807, 2.05) is 24.3 Å². The number of fused-ring (bicyclic) bond motifs is 1. The summed E-state index contributed by atoms with van der Waals surface area (Å²) >= 11 is 0. The number of amides is 2. The highest BCUT2D eigenvalue weighted by molar-refractivity contribution is 5.92. The van der Waals surface area contributed by atoms with Gasteiger partial charge in [-0.3, -0.25) is 9.59 Å². The van der Waals surface area contributed by atoms with Gasteiger partial charge in [-0.15, -0.1) is 0 Å². The Hall–Kier alpha value is -2.96. The van der Waals surface area contributed by atoms with Gasteiger partial charge in [0.2, 0.25) is 11.8 Å². The second kappa shape index (κ2) is 7.96. The van der Waals surface area contributed by atoms with E-state index in [1.54, 1.807) is 4.90 Å². The van der Waals surface area contributed by atoms with E-state index >= 15 is 0 Å². The Morgan fingerprint density at radius 3 is 2.43 bits per heavy atom. The van der Waals surface area contributed by atoms with Gasteiger partial charge in [-0.2, -0.15) is 0 Å². The number of benzene rings is 2. The number of halogens is 2. The van der Waals surface area contributed by atoms with Gasteiger partial charge in [0.1, 0.15) is 5.69 Å². The molecule has 1 aliphatic rings. The van der Waals surface area contributed by atoms with Crippen molar-refractivity contribution >= 4 is 23.2 Å². The van der Waals surface area contributed by atoms with Crippen LogP contribution < -0.4 is 10.2 Å². The molecule has 148 valence electrons. The molecule has 1 unspecified atom stereocenters. The third-order valence-corrected chi connectivity index (χ3v) is 4.94. The van der Waals surface area contributed by atoms with Crippen LogP contribution in [0.5, 0.6) is 0 Å². The molecule has 7 heteroatoms. The van der Waals surface area contributed by atoms with Gasteiger partial charge in [0, 0.05) is 33.3 Å². The van der Waals surface area contributed by atoms with Crippen LogP contribution in [-0.2, 0) is 16.0 Å². The summed E-state index contributed by atoms with van der Waals surface area (Å²) in [5, 5.41) is 2.55. The number of nitrogens with one attached hydrogen (secondary N) is 1. The average molecular weight is 387 g/mol. The molecule has 3 rings (SSSR count). The van der Waals surface area contributed by atoms with Crippen molar-refractivity contribution in [1.29, 1.82) is 0 Å². The molecule has 5 nitrogen and oxygen atoms in total. The summed E-state index contributed by atoms with van der Waals surface area (Å²) in [6.07, 6.45) is 0.742. The molecule has 1 atom stereocenters. The molecule has 0 saturated carbocycles. The fourth-order valence-electron chi connectivity index (χ4n) is 3.70. The normalized spacial score (nSPS) is 15.8. The summed E-state index contributed by atoms with van der Waals surface area (Å²) in [6, 6.07) is 9.48. The van der Waals surface area contributed by atoms with Gasteiger partial charge >= 0.3 is 0 Å². The second-order valence-electron chi connectivity index (χ2n) is 7.11. The summed E-state index contributed by atoms with van der Waals surface area (Å²) in [7, 11) is 3.08. The van der Waals surface area contributed by atoms with Crippen molar-refractivity contribution in [3.63, 3.8) is 0 Å². The van der Waals surface area contributed by atoms with E-state index in [9.17, 15) is 18.4 Å². The molecule has 0 aromatic heterocycles. The molecule has 0 radical (unpaired) electrons. The molecule has 0 spiro atoms. The monoisotopic (exact) mass is 387 g/mol. The number of hydrogen-bond donors (Lipinski definition) is 1. The summed E-state index contributed by atoms with van der Waals surface area (Å²) in [4.78, 5) is 27.6. The maximum absolute atomic E-state index is 14.1. The summed E-state index contributed by atoms with van der Waals surface area (Å²) in [5.74, 6) is -2.04. The fourth-order valence-corrected chi connectivity index (χ4v) is 3.70. The number of carbonyl (C=O) groups is 2. The molecule has 1 heterocycles. The van der Waals surface area contributed by atoms with E-state index in [0.29, 0.717) is 6.54 Å². The largest absolute Gasteiger partial charge is 0.373 e. The van der Waals surface area contributed by atoms with Crippen molar-refractivity contribution in [1.82, 2.24) is 4.90 Å². The maximum Gasteiger partial charge on any atom is 0.226 e. The highest BCUT2D eigenvalue weighted by atomic mass is 19.1. The molecular formula is C21H23F2N3O2. The SMILES string of the molecule is CC(=O)N1CCc2ccccc2C1CC(=O)Nc1cc(F)c(N(C)C)c(F)c1. The predicted octanol–water partition coefficient (Wildman–Crippen LogP) is 3.51. The highest BCUT2D eigenvalue weighted by Gasteiger charge is 2.30. The van der Waals surface area contributed by atoms with Gasteiger partial charge < -0.3 is 15.1 Å². The second-order valence-corrected chi connectivity index (χ2v) is 7.11. The minimum absolute atomic E-state index is 0.00919. The zero-order chi connectivity index (χ0) is 20.4. The smallest absolute Gasteiger partial charge is 0.226 e. The summed E-state index contributed by atoms with van der Waals surface area (Å²) in [5.41, 5.74) is 1.91. The van der Waals surface area contributed by atoms with Crippen molar-refractivity contribution in [3.05, 3.63) is 59.2 Å². The first kappa shape index (κ1) is 19.8. The van der Waals surface area contributed by atoms with E-state index in [-0.39, 0.29) is 23.7 Å². The van der Waals surface area contributed by atoms with Crippen LogP contribution in [-0.4, -0.2) is 37.4 Å². The van der Waals surface area contributed by atoms with Gasteiger partial charge in [0.05, 0.1) is 12.5 Å². The molecule has 2 aromatic carbocycles. The summed E-state index contributed by atoms with van der Waals surface area (Å²) < 4.78 is 28.3. The molecule has 0 saturated heterocycles. The van der Waals surface area contributed by atoms with Crippen molar-refractivity contribution < 1.29 is 18.4 Å². The lowest BCUT2D eigenvalue weighted by atomic mass is 9.90. The molecular weight excluding hydrogens is 364 g/mol. The Morgan fingerprint density at radius 2 is 1.82 bits per heavy atom. The van der Waals surface area contributed by atoms with E-state index in [0.717, 1.165) is 29.7 Å².